The molecule has 0 amide bonds. The number of nitrogens with zero attached hydrogens (tertiary/aromatic N) is 4. The minimum atomic E-state index is -0.00961. The highest BCUT2D eigenvalue weighted by molar-refractivity contribution is 6.27. The van der Waals surface area contributed by atoms with Gasteiger partial charge in [0.15, 0.2) is 5.69 Å². The number of rotatable bonds is 2. The molecule has 0 bridgehead atoms. The molecule has 2 rings (SSSR count). The Morgan fingerprint density at radius 3 is 2.79 bits per heavy atom. The van der Waals surface area contributed by atoms with E-state index in [0.717, 1.165) is 0 Å². The Labute approximate surface area is 84.4 Å². The lowest BCUT2D eigenvalue weighted by Crippen LogP contribution is -1.94. The van der Waals surface area contributed by atoms with Crippen molar-refractivity contribution < 1.29 is 9.15 Å². The summed E-state index contributed by atoms with van der Waals surface area (Å²) in [5.74, 6) is 0.878. The zero-order chi connectivity index (χ0) is 10.1. The van der Waals surface area contributed by atoms with Crippen LogP contribution in [0.4, 0.5) is 0 Å². The van der Waals surface area contributed by atoms with Crippen LogP contribution in [0.15, 0.2) is 10.5 Å². The van der Waals surface area contributed by atoms with E-state index in [4.69, 9.17) is 20.8 Å². The molecule has 0 aliphatic heterocycles. The molecule has 2 aromatic heterocycles. The summed E-state index contributed by atoms with van der Waals surface area (Å²) < 4.78 is 11.6. The third-order valence-corrected chi connectivity index (χ3v) is 1.82. The molecule has 0 N–H and O–H groups in total. The van der Waals surface area contributed by atoms with Gasteiger partial charge in [-0.05, 0) is 11.6 Å². The topological polar surface area (TPSA) is 66.0 Å². The molecule has 0 aliphatic carbocycles. The number of methoxy groups -OCH3 is 1. The second kappa shape index (κ2) is 3.30. The summed E-state index contributed by atoms with van der Waals surface area (Å²) in [5, 5.41) is 11.3. The van der Waals surface area contributed by atoms with Crippen molar-refractivity contribution in [3.8, 4) is 17.5 Å². The largest absolute Gasteiger partial charge is 0.481 e. The Morgan fingerprint density at radius 1 is 1.50 bits per heavy atom. The van der Waals surface area contributed by atoms with Crippen molar-refractivity contribution >= 4 is 11.6 Å². The molecule has 0 spiro atoms. The molecule has 74 valence electrons. The van der Waals surface area contributed by atoms with E-state index in [1.165, 1.54) is 0 Å². The molecule has 0 unspecified atom stereocenters. The summed E-state index contributed by atoms with van der Waals surface area (Å²) >= 11 is 5.48. The van der Waals surface area contributed by atoms with Gasteiger partial charge in [0.25, 0.3) is 5.89 Å². The lowest BCUT2D eigenvalue weighted by Gasteiger charge is -1.95. The van der Waals surface area contributed by atoms with Gasteiger partial charge in [-0.1, -0.05) is 5.10 Å². The van der Waals surface area contributed by atoms with Gasteiger partial charge in [0.2, 0.25) is 5.88 Å². The summed E-state index contributed by atoms with van der Waals surface area (Å²) in [6.07, 6.45) is 0. The van der Waals surface area contributed by atoms with Crippen molar-refractivity contribution in [2.24, 2.45) is 7.05 Å². The molecule has 0 aliphatic rings. The van der Waals surface area contributed by atoms with E-state index in [2.05, 4.69) is 15.3 Å². The number of hydrogen-bond acceptors (Lipinski definition) is 5. The first-order valence-corrected chi connectivity index (χ1v) is 4.16. The van der Waals surface area contributed by atoms with Crippen LogP contribution in [0, 0.1) is 0 Å². The number of aryl methyl sites for hydroxylation is 1. The molecule has 0 aromatic carbocycles. The van der Waals surface area contributed by atoms with Crippen molar-refractivity contribution in [1.82, 2.24) is 20.0 Å². The number of aromatic nitrogens is 4. The highest BCUT2D eigenvalue weighted by atomic mass is 35.5. The van der Waals surface area contributed by atoms with Crippen LogP contribution >= 0.6 is 11.6 Å². The molecule has 0 saturated heterocycles. The maximum Gasteiger partial charge on any atom is 0.313 e. The fraction of sp³-hybridized carbons (Fsp3) is 0.286. The minimum Gasteiger partial charge on any atom is -0.481 e. The van der Waals surface area contributed by atoms with Gasteiger partial charge >= 0.3 is 5.35 Å². The molecule has 7 heteroatoms. The molecule has 2 aromatic rings. The number of hydrogen-bond donors (Lipinski definition) is 0. The maximum atomic E-state index is 5.48. The normalized spacial score (nSPS) is 10.5. The van der Waals surface area contributed by atoms with Crippen molar-refractivity contribution in [2.75, 3.05) is 7.11 Å². The van der Waals surface area contributed by atoms with Crippen molar-refractivity contribution in [3.63, 3.8) is 0 Å². The fourth-order valence-electron chi connectivity index (χ4n) is 1.05. The molecule has 6 nitrogen and oxygen atoms in total. The van der Waals surface area contributed by atoms with Crippen LogP contribution in [0.3, 0.4) is 0 Å². The van der Waals surface area contributed by atoms with Crippen LogP contribution < -0.4 is 4.74 Å². The van der Waals surface area contributed by atoms with Crippen LogP contribution in [0.2, 0.25) is 5.35 Å². The Hall–Kier alpha value is -1.56. The first-order chi connectivity index (χ1) is 6.70. The van der Waals surface area contributed by atoms with Gasteiger partial charge in [-0.15, -0.1) is 5.10 Å². The third kappa shape index (κ3) is 1.44. The highest BCUT2D eigenvalue weighted by Gasteiger charge is 2.13. The quantitative estimate of drug-likeness (QED) is 0.750. The molecular weight excluding hydrogens is 208 g/mol. The molecule has 0 saturated carbocycles. The maximum absolute atomic E-state index is 5.48. The lowest BCUT2D eigenvalue weighted by molar-refractivity contribution is 0.373. The smallest absolute Gasteiger partial charge is 0.313 e. The van der Waals surface area contributed by atoms with Gasteiger partial charge in [-0.3, -0.25) is 0 Å². The van der Waals surface area contributed by atoms with Gasteiger partial charge in [0.05, 0.1) is 7.11 Å². The van der Waals surface area contributed by atoms with Crippen LogP contribution in [0.5, 0.6) is 5.88 Å². The van der Waals surface area contributed by atoms with Crippen LogP contribution in [-0.2, 0) is 7.05 Å². The Kier molecular flexibility index (Phi) is 2.12. The van der Waals surface area contributed by atoms with E-state index >= 15 is 0 Å². The second-order valence-electron chi connectivity index (χ2n) is 2.56. The van der Waals surface area contributed by atoms with Crippen molar-refractivity contribution in [3.05, 3.63) is 11.4 Å². The standard InChI is InChI=1S/C7H7ClN4O2/c1-12-5(13-2)3-4(11-12)6-9-10-7(8)14-6/h3H,1-2H3. The predicted octanol–water partition coefficient (Wildman–Crippen LogP) is 1.13. The zero-order valence-corrected chi connectivity index (χ0v) is 8.32. The summed E-state index contributed by atoms with van der Waals surface area (Å²) in [6, 6.07) is 1.68. The molecule has 0 radical (unpaired) electrons. The van der Waals surface area contributed by atoms with E-state index in [1.807, 2.05) is 0 Å². The fourth-order valence-corrected chi connectivity index (χ4v) is 1.17. The third-order valence-electron chi connectivity index (χ3n) is 1.67. The van der Waals surface area contributed by atoms with E-state index in [-0.39, 0.29) is 11.2 Å². The number of halogens is 1. The van der Waals surface area contributed by atoms with E-state index < -0.39 is 0 Å². The van der Waals surface area contributed by atoms with Gasteiger partial charge in [-0.25, -0.2) is 4.68 Å². The monoisotopic (exact) mass is 214 g/mol. The molecular formula is C7H7ClN4O2. The molecule has 14 heavy (non-hydrogen) atoms. The molecule has 0 fully saturated rings. The van der Waals surface area contributed by atoms with Gasteiger partial charge in [0.1, 0.15) is 0 Å². The van der Waals surface area contributed by atoms with E-state index in [9.17, 15) is 0 Å². The van der Waals surface area contributed by atoms with Gasteiger partial charge in [-0.2, -0.15) is 5.10 Å². The Morgan fingerprint density at radius 2 is 2.29 bits per heavy atom. The average molecular weight is 215 g/mol. The second-order valence-corrected chi connectivity index (χ2v) is 2.88. The Bertz CT molecular complexity index is 450. The van der Waals surface area contributed by atoms with Crippen LogP contribution in [0.1, 0.15) is 0 Å². The first-order valence-electron chi connectivity index (χ1n) is 3.78. The molecule has 2 heterocycles. The van der Waals surface area contributed by atoms with Crippen molar-refractivity contribution in [2.45, 2.75) is 0 Å². The summed E-state index contributed by atoms with van der Waals surface area (Å²) in [5.41, 5.74) is 0.531. The SMILES string of the molecule is COc1cc(-c2nnc(Cl)o2)nn1C. The van der Waals surface area contributed by atoms with Crippen molar-refractivity contribution in [1.29, 1.82) is 0 Å². The Balaban J connectivity index is 2.42. The average Bonchev–Trinajstić information content (AvgIpc) is 2.71. The first kappa shape index (κ1) is 9.01. The van der Waals surface area contributed by atoms with Gasteiger partial charge in [0, 0.05) is 13.1 Å². The molecule has 0 atom stereocenters. The lowest BCUT2D eigenvalue weighted by atomic mass is 10.4. The number of ether oxygens (including phenoxy) is 1. The van der Waals surface area contributed by atoms with E-state index in [1.54, 1.807) is 24.9 Å². The van der Waals surface area contributed by atoms with Crippen LogP contribution in [0.25, 0.3) is 11.6 Å². The van der Waals surface area contributed by atoms with E-state index in [0.29, 0.717) is 11.6 Å². The van der Waals surface area contributed by atoms with Gasteiger partial charge < -0.3 is 9.15 Å². The highest BCUT2D eigenvalue weighted by Crippen LogP contribution is 2.22. The summed E-state index contributed by atoms with van der Waals surface area (Å²) in [4.78, 5) is 0. The summed E-state index contributed by atoms with van der Waals surface area (Å²) in [7, 11) is 3.31. The predicted molar refractivity (Wildman–Crippen MR) is 48.1 cm³/mol. The zero-order valence-electron chi connectivity index (χ0n) is 7.56. The minimum absolute atomic E-state index is 0.00961. The van der Waals surface area contributed by atoms with Crippen LogP contribution in [-0.4, -0.2) is 27.1 Å². The summed E-state index contributed by atoms with van der Waals surface area (Å²) in [6.45, 7) is 0.